The van der Waals surface area contributed by atoms with Crippen molar-refractivity contribution in [3.8, 4) is 0 Å². The summed E-state index contributed by atoms with van der Waals surface area (Å²) in [4.78, 5) is 10.2. The van der Waals surface area contributed by atoms with Gasteiger partial charge < -0.3 is 25.2 Å². The number of aliphatic hydroxyl groups is 1. The van der Waals surface area contributed by atoms with Gasteiger partial charge in [0.2, 0.25) is 5.95 Å². The second kappa shape index (κ2) is 6.65. The summed E-state index contributed by atoms with van der Waals surface area (Å²) in [7, 11) is 1.62. The van der Waals surface area contributed by atoms with Gasteiger partial charge in [-0.25, -0.2) is 4.98 Å². The van der Waals surface area contributed by atoms with E-state index in [1.54, 1.807) is 19.4 Å². The Hall–Kier alpha value is -1.44. The third-order valence-corrected chi connectivity index (χ3v) is 3.09. The van der Waals surface area contributed by atoms with Gasteiger partial charge in [0.15, 0.2) is 0 Å². The highest BCUT2D eigenvalue weighted by Crippen LogP contribution is 2.19. The molecule has 0 saturated carbocycles. The van der Waals surface area contributed by atoms with Crippen LogP contribution in [-0.2, 0) is 9.47 Å². The van der Waals surface area contributed by atoms with Crippen molar-refractivity contribution >= 4 is 11.8 Å². The fourth-order valence-corrected chi connectivity index (χ4v) is 2.08. The van der Waals surface area contributed by atoms with E-state index in [0.29, 0.717) is 31.5 Å². The van der Waals surface area contributed by atoms with E-state index in [1.807, 2.05) is 4.90 Å². The van der Waals surface area contributed by atoms with E-state index in [9.17, 15) is 5.11 Å². The fourth-order valence-electron chi connectivity index (χ4n) is 2.08. The molecule has 1 aliphatic rings. The zero-order valence-corrected chi connectivity index (χ0v) is 11.0. The smallest absolute Gasteiger partial charge is 0.227 e. The molecule has 1 aromatic heterocycles. The van der Waals surface area contributed by atoms with Gasteiger partial charge in [0, 0.05) is 26.4 Å². The summed E-state index contributed by atoms with van der Waals surface area (Å²) in [6.07, 6.45) is 1.62. The van der Waals surface area contributed by atoms with Crippen molar-refractivity contribution in [3.05, 3.63) is 12.3 Å². The van der Waals surface area contributed by atoms with Crippen molar-refractivity contribution in [1.82, 2.24) is 9.97 Å². The standard InChI is InChI=1S/C12H20N4O3/c1-18-6-7-19-10-3-5-16(8-9(10)17)12-14-4-2-11(13)15-12/h2,4,9-10,17H,3,5-8H2,1H3,(H2,13,14,15)/t9-,10-/m1/s1. The molecule has 0 aliphatic carbocycles. The minimum atomic E-state index is -0.560. The quantitative estimate of drug-likeness (QED) is 0.706. The lowest BCUT2D eigenvalue weighted by atomic mass is 10.1. The highest BCUT2D eigenvalue weighted by Gasteiger charge is 2.29. The van der Waals surface area contributed by atoms with Gasteiger partial charge in [-0.3, -0.25) is 0 Å². The van der Waals surface area contributed by atoms with Crippen LogP contribution in [-0.4, -0.2) is 60.7 Å². The molecular weight excluding hydrogens is 248 g/mol. The number of rotatable bonds is 5. The molecule has 0 aromatic carbocycles. The zero-order valence-electron chi connectivity index (χ0n) is 11.0. The number of nitrogen functional groups attached to an aromatic ring is 1. The lowest BCUT2D eigenvalue weighted by Gasteiger charge is -2.35. The van der Waals surface area contributed by atoms with Crippen molar-refractivity contribution in [1.29, 1.82) is 0 Å². The molecule has 0 radical (unpaired) electrons. The number of nitrogens with two attached hydrogens (primary N) is 1. The molecule has 0 spiro atoms. The number of nitrogens with zero attached hydrogens (tertiary/aromatic N) is 3. The molecule has 0 amide bonds. The molecule has 1 aromatic rings. The molecule has 7 nitrogen and oxygen atoms in total. The molecule has 3 N–H and O–H groups in total. The molecular formula is C12H20N4O3. The molecule has 19 heavy (non-hydrogen) atoms. The molecule has 2 atom stereocenters. The van der Waals surface area contributed by atoms with E-state index in [1.165, 1.54) is 0 Å². The highest BCUT2D eigenvalue weighted by molar-refractivity contribution is 5.38. The Balaban J connectivity index is 1.89. The van der Waals surface area contributed by atoms with E-state index >= 15 is 0 Å². The molecule has 0 unspecified atom stereocenters. The van der Waals surface area contributed by atoms with Crippen LogP contribution in [0.25, 0.3) is 0 Å². The van der Waals surface area contributed by atoms with Gasteiger partial charge in [-0.1, -0.05) is 0 Å². The SMILES string of the molecule is COCCO[C@@H]1CCN(c2nccc(N)n2)C[C@H]1O. The number of piperidine rings is 1. The van der Waals surface area contributed by atoms with Crippen molar-refractivity contribution in [2.24, 2.45) is 0 Å². The summed E-state index contributed by atoms with van der Waals surface area (Å²) < 4.78 is 10.5. The van der Waals surface area contributed by atoms with Gasteiger partial charge in [0.25, 0.3) is 0 Å². The van der Waals surface area contributed by atoms with Crippen molar-refractivity contribution < 1.29 is 14.6 Å². The van der Waals surface area contributed by atoms with Crippen LogP contribution in [0.3, 0.4) is 0 Å². The molecule has 7 heteroatoms. The number of hydrogen-bond acceptors (Lipinski definition) is 7. The Morgan fingerprint density at radius 2 is 2.37 bits per heavy atom. The van der Waals surface area contributed by atoms with Crippen LogP contribution in [0.2, 0.25) is 0 Å². The predicted octanol–water partition coefficient (Wildman–Crippen LogP) is -0.339. The second-order valence-electron chi connectivity index (χ2n) is 4.49. The normalized spacial score (nSPS) is 23.6. The minimum Gasteiger partial charge on any atom is -0.389 e. The van der Waals surface area contributed by atoms with Crippen LogP contribution in [0, 0.1) is 0 Å². The molecule has 1 saturated heterocycles. The minimum absolute atomic E-state index is 0.160. The van der Waals surface area contributed by atoms with E-state index in [-0.39, 0.29) is 6.10 Å². The Morgan fingerprint density at radius 1 is 1.53 bits per heavy atom. The van der Waals surface area contributed by atoms with Crippen LogP contribution in [0.5, 0.6) is 0 Å². The van der Waals surface area contributed by atoms with E-state index < -0.39 is 6.10 Å². The molecule has 0 bridgehead atoms. The monoisotopic (exact) mass is 268 g/mol. The van der Waals surface area contributed by atoms with Crippen LogP contribution < -0.4 is 10.6 Å². The van der Waals surface area contributed by atoms with Gasteiger partial charge in [-0.2, -0.15) is 4.98 Å². The van der Waals surface area contributed by atoms with E-state index in [0.717, 1.165) is 13.0 Å². The maximum Gasteiger partial charge on any atom is 0.227 e. The Bertz CT molecular complexity index is 404. The number of anilines is 2. The van der Waals surface area contributed by atoms with Crippen molar-refractivity contribution in [2.45, 2.75) is 18.6 Å². The first-order chi connectivity index (χ1) is 9.20. The summed E-state index contributed by atoms with van der Waals surface area (Å²) >= 11 is 0. The summed E-state index contributed by atoms with van der Waals surface area (Å²) in [5.41, 5.74) is 5.63. The third kappa shape index (κ3) is 3.76. The topological polar surface area (TPSA) is 93.7 Å². The van der Waals surface area contributed by atoms with Gasteiger partial charge in [-0.15, -0.1) is 0 Å². The van der Waals surface area contributed by atoms with Crippen LogP contribution in [0.4, 0.5) is 11.8 Å². The summed E-state index contributed by atoms with van der Waals surface area (Å²) in [6, 6.07) is 1.64. The average molecular weight is 268 g/mol. The highest BCUT2D eigenvalue weighted by atomic mass is 16.5. The number of aliphatic hydroxyl groups excluding tert-OH is 1. The molecule has 2 heterocycles. The average Bonchev–Trinajstić information content (AvgIpc) is 2.41. The number of aromatic nitrogens is 2. The lowest BCUT2D eigenvalue weighted by molar-refractivity contribution is -0.0593. The molecule has 1 fully saturated rings. The van der Waals surface area contributed by atoms with Gasteiger partial charge >= 0.3 is 0 Å². The third-order valence-electron chi connectivity index (χ3n) is 3.09. The summed E-state index contributed by atoms with van der Waals surface area (Å²) in [5, 5.41) is 10.1. The summed E-state index contributed by atoms with van der Waals surface area (Å²) in [6.45, 7) is 2.21. The maximum absolute atomic E-state index is 10.1. The summed E-state index contributed by atoms with van der Waals surface area (Å²) in [5.74, 6) is 0.979. The van der Waals surface area contributed by atoms with E-state index in [4.69, 9.17) is 15.2 Å². The van der Waals surface area contributed by atoms with E-state index in [2.05, 4.69) is 9.97 Å². The number of ether oxygens (including phenoxy) is 2. The second-order valence-corrected chi connectivity index (χ2v) is 4.49. The van der Waals surface area contributed by atoms with Gasteiger partial charge in [0.05, 0.1) is 25.4 Å². The largest absolute Gasteiger partial charge is 0.389 e. The van der Waals surface area contributed by atoms with Gasteiger partial charge in [0.1, 0.15) is 5.82 Å². The fraction of sp³-hybridized carbons (Fsp3) is 0.667. The lowest BCUT2D eigenvalue weighted by Crippen LogP contribution is -2.48. The first-order valence-electron chi connectivity index (χ1n) is 6.33. The van der Waals surface area contributed by atoms with Crippen LogP contribution in [0.15, 0.2) is 12.3 Å². The van der Waals surface area contributed by atoms with Crippen LogP contribution in [0.1, 0.15) is 6.42 Å². The number of hydrogen-bond donors (Lipinski definition) is 2. The maximum atomic E-state index is 10.1. The first-order valence-corrected chi connectivity index (χ1v) is 6.33. The Kier molecular flexibility index (Phi) is 4.89. The zero-order chi connectivity index (χ0) is 13.7. The first kappa shape index (κ1) is 14.0. The molecule has 2 rings (SSSR count). The van der Waals surface area contributed by atoms with Crippen molar-refractivity contribution in [2.75, 3.05) is 44.0 Å². The molecule has 106 valence electrons. The number of methoxy groups -OCH3 is 1. The predicted molar refractivity (Wildman–Crippen MR) is 70.9 cm³/mol. The van der Waals surface area contributed by atoms with Crippen molar-refractivity contribution in [3.63, 3.8) is 0 Å². The molecule has 1 aliphatic heterocycles. The Morgan fingerprint density at radius 3 is 3.05 bits per heavy atom. The van der Waals surface area contributed by atoms with Crippen LogP contribution >= 0.6 is 0 Å². The number of β-amino-alcohol motifs (C(OH)–C–C–N with tert-alkyl or cyclic N) is 1. The van der Waals surface area contributed by atoms with Gasteiger partial charge in [-0.05, 0) is 12.5 Å². The Labute approximate surface area is 112 Å².